The Morgan fingerprint density at radius 3 is 2.50 bits per heavy atom. The van der Waals surface area contributed by atoms with Gasteiger partial charge in [0.25, 0.3) is 0 Å². The van der Waals surface area contributed by atoms with E-state index in [-0.39, 0.29) is 5.92 Å². The molecule has 0 aromatic rings. The number of nitrogens with zero attached hydrogens (tertiary/aromatic N) is 1. The van der Waals surface area contributed by atoms with Crippen molar-refractivity contribution in [2.24, 2.45) is 17.6 Å². The molecule has 0 atom stereocenters. The Morgan fingerprint density at radius 1 is 1.50 bits per heavy atom. The summed E-state index contributed by atoms with van der Waals surface area (Å²) in [5.41, 5.74) is 5.49. The number of hydrogen-bond acceptors (Lipinski definition) is 2. The molecule has 1 amide bonds. The number of rotatable bonds is 6. The third-order valence-corrected chi connectivity index (χ3v) is 3.18. The van der Waals surface area contributed by atoms with E-state index >= 15 is 0 Å². The van der Waals surface area contributed by atoms with E-state index in [0.717, 1.165) is 19.4 Å². The number of hydrogen-bond donors (Lipinski definition) is 1. The maximum atomic E-state index is 12.1. The summed E-state index contributed by atoms with van der Waals surface area (Å²) in [4.78, 5) is 14.5. The maximum absolute atomic E-state index is 12.1. The Labute approximate surface area is 103 Å². The van der Waals surface area contributed by atoms with Gasteiger partial charge in [0.1, 0.15) is 0 Å². The monoisotopic (exact) mass is 242 g/mol. The summed E-state index contributed by atoms with van der Waals surface area (Å²) in [6, 6.07) is 0. The predicted molar refractivity (Wildman–Crippen MR) is 70.2 cm³/mol. The van der Waals surface area contributed by atoms with Crippen LogP contribution in [0.25, 0.3) is 0 Å². The van der Waals surface area contributed by atoms with Crippen LogP contribution in [0.4, 0.5) is 0 Å². The van der Waals surface area contributed by atoms with Crippen molar-refractivity contribution in [2.45, 2.75) is 39.5 Å². The molecule has 2 N–H and O–H groups in total. The molecule has 1 aliphatic carbocycles. The van der Waals surface area contributed by atoms with Gasteiger partial charge in [0.15, 0.2) is 0 Å². The van der Waals surface area contributed by atoms with Crippen LogP contribution in [0.1, 0.15) is 39.5 Å². The molecule has 0 spiro atoms. The Balaban J connectivity index is 2.47. The van der Waals surface area contributed by atoms with Crippen LogP contribution >= 0.6 is 12.2 Å². The first-order chi connectivity index (χ1) is 7.50. The van der Waals surface area contributed by atoms with Gasteiger partial charge in [-0.2, -0.15) is 0 Å². The van der Waals surface area contributed by atoms with Gasteiger partial charge in [-0.25, -0.2) is 0 Å². The minimum Gasteiger partial charge on any atom is -0.393 e. The lowest BCUT2D eigenvalue weighted by molar-refractivity contribution is -0.138. The summed E-state index contributed by atoms with van der Waals surface area (Å²) in [7, 11) is 0. The van der Waals surface area contributed by atoms with Gasteiger partial charge in [-0.3, -0.25) is 4.79 Å². The molecular formula is C12H22N2OS. The van der Waals surface area contributed by atoms with Gasteiger partial charge in [0.2, 0.25) is 5.91 Å². The molecule has 0 radical (unpaired) electrons. The second kappa shape index (κ2) is 6.18. The van der Waals surface area contributed by atoms with Gasteiger partial charge in [-0.1, -0.05) is 32.5 Å². The SMILES string of the molecule is CC(C)CN(CCC(N)=S)C(=O)C1CCC1. The Kier molecular flexibility index (Phi) is 5.19. The van der Waals surface area contributed by atoms with Gasteiger partial charge in [-0.15, -0.1) is 0 Å². The fraction of sp³-hybridized carbons (Fsp3) is 0.833. The lowest BCUT2D eigenvalue weighted by atomic mass is 9.84. The van der Waals surface area contributed by atoms with Crippen molar-refractivity contribution in [3.63, 3.8) is 0 Å². The largest absolute Gasteiger partial charge is 0.393 e. The van der Waals surface area contributed by atoms with Crippen LogP contribution in [0.2, 0.25) is 0 Å². The van der Waals surface area contributed by atoms with E-state index in [2.05, 4.69) is 13.8 Å². The molecule has 0 heterocycles. The molecule has 0 aromatic carbocycles. The van der Waals surface area contributed by atoms with Crippen molar-refractivity contribution >= 4 is 23.1 Å². The van der Waals surface area contributed by atoms with Crippen molar-refractivity contribution in [3.05, 3.63) is 0 Å². The molecule has 3 nitrogen and oxygen atoms in total. The number of amides is 1. The molecule has 1 fully saturated rings. The van der Waals surface area contributed by atoms with Crippen LogP contribution in [0.5, 0.6) is 0 Å². The van der Waals surface area contributed by atoms with Crippen molar-refractivity contribution in [2.75, 3.05) is 13.1 Å². The zero-order chi connectivity index (χ0) is 12.1. The van der Waals surface area contributed by atoms with Crippen LogP contribution < -0.4 is 5.73 Å². The van der Waals surface area contributed by atoms with Crippen LogP contribution in [0, 0.1) is 11.8 Å². The third-order valence-electron chi connectivity index (χ3n) is 2.98. The quantitative estimate of drug-likeness (QED) is 0.724. The minimum absolute atomic E-state index is 0.269. The van der Waals surface area contributed by atoms with Crippen LogP contribution in [0.3, 0.4) is 0 Å². The number of carbonyl (C=O) groups excluding carboxylic acids is 1. The van der Waals surface area contributed by atoms with Crippen LogP contribution in [0.15, 0.2) is 0 Å². The summed E-state index contributed by atoms with van der Waals surface area (Å²) in [5.74, 6) is 1.07. The van der Waals surface area contributed by atoms with Crippen molar-refractivity contribution < 1.29 is 4.79 Å². The molecule has 0 unspecified atom stereocenters. The molecule has 4 heteroatoms. The fourth-order valence-corrected chi connectivity index (χ4v) is 1.98. The van der Waals surface area contributed by atoms with E-state index in [1.165, 1.54) is 6.42 Å². The molecule has 16 heavy (non-hydrogen) atoms. The maximum Gasteiger partial charge on any atom is 0.225 e. The van der Waals surface area contributed by atoms with E-state index in [9.17, 15) is 4.79 Å². The molecule has 0 bridgehead atoms. The molecule has 1 aliphatic rings. The van der Waals surface area contributed by atoms with Gasteiger partial charge in [-0.05, 0) is 18.8 Å². The lowest BCUT2D eigenvalue weighted by Crippen LogP contribution is -2.42. The van der Waals surface area contributed by atoms with Crippen molar-refractivity contribution in [3.8, 4) is 0 Å². The lowest BCUT2D eigenvalue weighted by Gasteiger charge is -2.32. The van der Waals surface area contributed by atoms with Gasteiger partial charge in [0.05, 0.1) is 4.99 Å². The average Bonchev–Trinajstić information content (AvgIpc) is 2.08. The van der Waals surface area contributed by atoms with E-state index < -0.39 is 0 Å². The zero-order valence-corrected chi connectivity index (χ0v) is 11.1. The highest BCUT2D eigenvalue weighted by atomic mass is 32.1. The molecule has 0 aliphatic heterocycles. The smallest absolute Gasteiger partial charge is 0.225 e. The topological polar surface area (TPSA) is 46.3 Å². The van der Waals surface area contributed by atoms with E-state index in [0.29, 0.717) is 29.8 Å². The highest BCUT2D eigenvalue weighted by Gasteiger charge is 2.29. The average molecular weight is 242 g/mol. The zero-order valence-electron chi connectivity index (χ0n) is 10.2. The number of thiocarbonyl (C=S) groups is 1. The van der Waals surface area contributed by atoms with E-state index in [1.807, 2.05) is 4.90 Å². The molecule has 1 saturated carbocycles. The first kappa shape index (κ1) is 13.4. The summed E-state index contributed by atoms with van der Waals surface area (Å²) in [6.07, 6.45) is 3.95. The predicted octanol–water partition coefficient (Wildman–Crippen LogP) is 1.95. The number of nitrogens with two attached hydrogens (primary N) is 1. The first-order valence-corrected chi connectivity index (χ1v) is 6.48. The van der Waals surface area contributed by atoms with Gasteiger partial charge in [0, 0.05) is 25.4 Å². The molecule has 0 saturated heterocycles. The van der Waals surface area contributed by atoms with E-state index in [1.54, 1.807) is 0 Å². The standard InChI is InChI=1S/C12H22N2OS/c1-9(2)8-14(7-6-11(13)16)12(15)10-4-3-5-10/h9-10H,3-8H2,1-2H3,(H2,13,16). The normalized spacial score (nSPS) is 15.9. The summed E-state index contributed by atoms with van der Waals surface area (Å²) in [5, 5.41) is 0. The molecule has 1 rings (SSSR count). The highest BCUT2D eigenvalue weighted by Crippen LogP contribution is 2.28. The fourth-order valence-electron chi connectivity index (χ4n) is 1.89. The Hall–Kier alpha value is -0.640. The van der Waals surface area contributed by atoms with Crippen LogP contribution in [-0.2, 0) is 4.79 Å². The summed E-state index contributed by atoms with van der Waals surface area (Å²) in [6.45, 7) is 5.75. The van der Waals surface area contributed by atoms with Crippen LogP contribution in [-0.4, -0.2) is 28.9 Å². The molecule has 92 valence electrons. The third kappa shape index (κ3) is 4.08. The Bertz CT molecular complexity index is 262. The molecule has 0 aromatic heterocycles. The second-order valence-corrected chi connectivity index (χ2v) is 5.55. The summed E-state index contributed by atoms with van der Waals surface area (Å²) >= 11 is 4.86. The van der Waals surface area contributed by atoms with E-state index in [4.69, 9.17) is 18.0 Å². The van der Waals surface area contributed by atoms with Crippen molar-refractivity contribution in [1.82, 2.24) is 4.90 Å². The first-order valence-electron chi connectivity index (χ1n) is 6.07. The minimum atomic E-state index is 0.269. The molecular weight excluding hydrogens is 220 g/mol. The highest BCUT2D eigenvalue weighted by molar-refractivity contribution is 7.80. The van der Waals surface area contributed by atoms with Gasteiger partial charge >= 0.3 is 0 Å². The number of carbonyl (C=O) groups is 1. The second-order valence-electron chi connectivity index (χ2n) is 5.02. The van der Waals surface area contributed by atoms with Gasteiger partial charge < -0.3 is 10.6 Å². The summed E-state index contributed by atoms with van der Waals surface area (Å²) < 4.78 is 0. The Morgan fingerprint density at radius 2 is 2.12 bits per heavy atom. The van der Waals surface area contributed by atoms with Crippen molar-refractivity contribution in [1.29, 1.82) is 0 Å².